The van der Waals surface area contributed by atoms with Gasteiger partial charge in [0.15, 0.2) is 0 Å². The van der Waals surface area contributed by atoms with Crippen molar-refractivity contribution in [2.24, 2.45) is 0 Å². The van der Waals surface area contributed by atoms with Gasteiger partial charge in [0.25, 0.3) is 0 Å². The third-order valence-electron chi connectivity index (χ3n) is 3.82. The van der Waals surface area contributed by atoms with E-state index in [4.69, 9.17) is 11.6 Å². The zero-order chi connectivity index (χ0) is 15.6. The number of sulfonamides is 1. The van der Waals surface area contributed by atoms with Gasteiger partial charge in [0.2, 0.25) is 10.0 Å². The Bertz CT molecular complexity index is 607. The number of thioether (sulfide) groups is 1. The summed E-state index contributed by atoms with van der Waals surface area (Å²) < 4.78 is 27.3. The van der Waals surface area contributed by atoms with E-state index in [1.165, 1.54) is 0 Å². The monoisotopic (exact) mass is 348 g/mol. The van der Waals surface area contributed by atoms with E-state index in [1.54, 1.807) is 22.5 Å². The summed E-state index contributed by atoms with van der Waals surface area (Å²) in [6.45, 7) is 5.15. The van der Waals surface area contributed by atoms with Crippen LogP contribution >= 0.6 is 23.4 Å². The molecule has 0 radical (unpaired) electrons. The summed E-state index contributed by atoms with van der Waals surface area (Å²) in [5.41, 5.74) is 0.798. The molecule has 0 aromatic heterocycles. The number of benzene rings is 1. The van der Waals surface area contributed by atoms with Crippen LogP contribution in [0.2, 0.25) is 5.02 Å². The molecular formula is C14H21ClN2O2S2. The average Bonchev–Trinajstić information content (AvgIpc) is 2.44. The van der Waals surface area contributed by atoms with E-state index in [0.717, 1.165) is 11.3 Å². The van der Waals surface area contributed by atoms with Gasteiger partial charge in [0.05, 0.1) is 4.90 Å². The normalized spacial score (nSPS) is 24.2. The fourth-order valence-corrected chi connectivity index (χ4v) is 5.65. The van der Waals surface area contributed by atoms with Gasteiger partial charge in [-0.2, -0.15) is 16.1 Å². The average molecular weight is 349 g/mol. The number of halogens is 1. The second kappa shape index (κ2) is 6.87. The van der Waals surface area contributed by atoms with E-state index in [9.17, 15) is 8.42 Å². The molecule has 1 aliphatic rings. The minimum atomic E-state index is -3.47. The second-order valence-electron chi connectivity index (χ2n) is 5.22. The van der Waals surface area contributed by atoms with Gasteiger partial charge in [-0.25, -0.2) is 8.42 Å². The van der Waals surface area contributed by atoms with Crippen molar-refractivity contribution in [3.8, 4) is 0 Å². The Kier molecular flexibility index (Phi) is 5.59. The highest BCUT2D eigenvalue weighted by molar-refractivity contribution is 8.00. The number of hydrogen-bond donors (Lipinski definition) is 1. The maximum Gasteiger partial charge on any atom is 0.243 e. The fraction of sp³-hybridized carbons (Fsp3) is 0.571. The van der Waals surface area contributed by atoms with Crippen LogP contribution in [-0.4, -0.2) is 43.4 Å². The minimum absolute atomic E-state index is 0.00261. The third kappa shape index (κ3) is 3.56. The molecule has 1 N–H and O–H groups in total. The maximum absolute atomic E-state index is 12.9. The molecular weight excluding hydrogens is 328 g/mol. The van der Waals surface area contributed by atoms with Gasteiger partial charge in [0, 0.05) is 35.2 Å². The van der Waals surface area contributed by atoms with Crippen LogP contribution in [0.4, 0.5) is 0 Å². The lowest BCUT2D eigenvalue weighted by Crippen LogP contribution is -2.47. The molecule has 1 saturated heterocycles. The van der Waals surface area contributed by atoms with Gasteiger partial charge < -0.3 is 5.32 Å². The zero-order valence-electron chi connectivity index (χ0n) is 12.5. The molecule has 1 heterocycles. The highest BCUT2D eigenvalue weighted by Crippen LogP contribution is 2.30. The lowest BCUT2D eigenvalue weighted by Gasteiger charge is -2.36. The van der Waals surface area contributed by atoms with Crippen LogP contribution in [0.15, 0.2) is 23.1 Å². The largest absolute Gasteiger partial charge is 0.316 e. The van der Waals surface area contributed by atoms with Crippen molar-refractivity contribution in [1.82, 2.24) is 9.62 Å². The lowest BCUT2D eigenvalue weighted by atomic mass is 10.2. The highest BCUT2D eigenvalue weighted by atomic mass is 35.5. The fourth-order valence-electron chi connectivity index (χ4n) is 2.42. The number of nitrogens with zero attached hydrogens (tertiary/aromatic N) is 1. The van der Waals surface area contributed by atoms with Crippen LogP contribution in [0.3, 0.4) is 0 Å². The Hall–Kier alpha value is -0.270. The van der Waals surface area contributed by atoms with Crippen LogP contribution < -0.4 is 5.32 Å². The molecule has 0 amide bonds. The van der Waals surface area contributed by atoms with Crippen molar-refractivity contribution >= 4 is 33.4 Å². The van der Waals surface area contributed by atoms with E-state index in [2.05, 4.69) is 12.2 Å². The molecule has 2 unspecified atom stereocenters. The van der Waals surface area contributed by atoms with Crippen molar-refractivity contribution < 1.29 is 8.42 Å². The van der Waals surface area contributed by atoms with Crippen LogP contribution in [0.1, 0.15) is 19.4 Å². The Morgan fingerprint density at radius 1 is 1.43 bits per heavy atom. The van der Waals surface area contributed by atoms with Crippen LogP contribution in [-0.2, 0) is 16.6 Å². The minimum Gasteiger partial charge on any atom is -0.316 e. The smallest absolute Gasteiger partial charge is 0.243 e. The first-order valence-corrected chi connectivity index (χ1v) is 9.81. The van der Waals surface area contributed by atoms with E-state index in [-0.39, 0.29) is 6.04 Å². The Morgan fingerprint density at radius 3 is 2.81 bits per heavy atom. The number of rotatable bonds is 4. The summed E-state index contributed by atoms with van der Waals surface area (Å²) in [6.07, 6.45) is 0. The van der Waals surface area contributed by atoms with Crippen molar-refractivity contribution in [3.63, 3.8) is 0 Å². The van der Waals surface area contributed by atoms with Gasteiger partial charge in [0.1, 0.15) is 0 Å². The van der Waals surface area contributed by atoms with Crippen LogP contribution in [0.25, 0.3) is 0 Å². The van der Waals surface area contributed by atoms with E-state index < -0.39 is 10.0 Å². The predicted molar refractivity (Wildman–Crippen MR) is 89.5 cm³/mol. The van der Waals surface area contributed by atoms with Gasteiger partial charge in [-0.15, -0.1) is 0 Å². The van der Waals surface area contributed by atoms with Crippen molar-refractivity contribution in [2.45, 2.75) is 36.6 Å². The molecule has 1 aliphatic heterocycles. The van der Waals surface area contributed by atoms with E-state index in [1.807, 2.05) is 25.7 Å². The van der Waals surface area contributed by atoms with Crippen molar-refractivity contribution in [3.05, 3.63) is 28.8 Å². The number of nitrogens with one attached hydrogen (secondary N) is 1. The Labute approximate surface area is 136 Å². The molecule has 1 fully saturated rings. The molecule has 0 saturated carbocycles. The molecule has 2 rings (SSSR count). The van der Waals surface area contributed by atoms with Gasteiger partial charge in [-0.3, -0.25) is 0 Å². The molecule has 0 aliphatic carbocycles. The summed E-state index contributed by atoms with van der Waals surface area (Å²) in [4.78, 5) is 0.322. The van der Waals surface area contributed by atoms with Gasteiger partial charge in [-0.05, 0) is 37.7 Å². The second-order valence-corrected chi connectivity index (χ2v) is 9.00. The highest BCUT2D eigenvalue weighted by Gasteiger charge is 2.35. The van der Waals surface area contributed by atoms with Crippen molar-refractivity contribution in [1.29, 1.82) is 0 Å². The first kappa shape index (κ1) is 17.1. The third-order valence-corrected chi connectivity index (χ3v) is 7.51. The summed E-state index contributed by atoms with van der Waals surface area (Å²) in [6, 6.07) is 4.93. The SMILES string of the molecule is CNCc1cc(S(=O)(=O)N2CCSC(C)C2C)ccc1Cl. The first-order chi connectivity index (χ1) is 9.87. The zero-order valence-corrected chi connectivity index (χ0v) is 14.9. The molecule has 0 spiro atoms. The van der Waals surface area contributed by atoms with Crippen LogP contribution in [0, 0.1) is 0 Å². The Morgan fingerprint density at radius 2 is 2.14 bits per heavy atom. The van der Waals surface area contributed by atoms with Crippen molar-refractivity contribution in [2.75, 3.05) is 19.3 Å². The maximum atomic E-state index is 12.9. The molecule has 2 atom stereocenters. The molecule has 21 heavy (non-hydrogen) atoms. The standard InChI is InChI=1S/C14H21ClN2O2S2/c1-10-11(2)20-7-6-17(10)21(18,19)13-4-5-14(15)12(8-13)9-16-3/h4-5,8,10-11,16H,6-7,9H2,1-3H3. The summed E-state index contributed by atoms with van der Waals surface area (Å²) in [5.74, 6) is 0.835. The lowest BCUT2D eigenvalue weighted by molar-refractivity contribution is 0.340. The molecule has 4 nitrogen and oxygen atoms in total. The summed E-state index contributed by atoms with van der Waals surface area (Å²) in [5, 5.41) is 3.89. The van der Waals surface area contributed by atoms with Gasteiger partial charge in [-0.1, -0.05) is 18.5 Å². The molecule has 118 valence electrons. The molecule has 1 aromatic carbocycles. The predicted octanol–water partition coefficient (Wildman–Crippen LogP) is 2.57. The van der Waals surface area contributed by atoms with E-state index >= 15 is 0 Å². The Balaban J connectivity index is 2.37. The summed E-state index contributed by atoms with van der Waals surface area (Å²) in [7, 11) is -1.66. The molecule has 0 bridgehead atoms. The van der Waals surface area contributed by atoms with E-state index in [0.29, 0.717) is 28.3 Å². The number of hydrogen-bond acceptors (Lipinski definition) is 4. The van der Waals surface area contributed by atoms with Gasteiger partial charge >= 0.3 is 0 Å². The molecule has 1 aromatic rings. The first-order valence-electron chi connectivity index (χ1n) is 6.94. The molecule has 7 heteroatoms. The van der Waals surface area contributed by atoms with Crippen LogP contribution in [0.5, 0.6) is 0 Å². The topological polar surface area (TPSA) is 49.4 Å². The summed E-state index contributed by atoms with van der Waals surface area (Å²) >= 11 is 7.93. The quantitative estimate of drug-likeness (QED) is 0.908.